The topological polar surface area (TPSA) is 89.0 Å². The first-order valence-electron chi connectivity index (χ1n) is 8.58. The predicted molar refractivity (Wildman–Crippen MR) is 103 cm³/mol. The number of thiophene rings is 1. The second kappa shape index (κ2) is 8.70. The number of carbonyl (C=O) groups is 1. The maximum absolute atomic E-state index is 13.5. The number of pyridine rings is 1. The van der Waals surface area contributed by atoms with Gasteiger partial charge in [0.05, 0.1) is 22.6 Å². The number of anilines is 1. The summed E-state index contributed by atoms with van der Waals surface area (Å²) in [5, 5.41) is 5.74. The van der Waals surface area contributed by atoms with Gasteiger partial charge in [-0.15, -0.1) is 11.3 Å². The Balaban J connectivity index is 1.92. The van der Waals surface area contributed by atoms with Crippen LogP contribution < -0.4 is 10.6 Å². The van der Waals surface area contributed by atoms with Crippen molar-refractivity contribution in [2.24, 2.45) is 0 Å². The zero-order chi connectivity index (χ0) is 21.0. The fourth-order valence-electron chi connectivity index (χ4n) is 2.76. The van der Waals surface area contributed by atoms with Gasteiger partial charge in [0.1, 0.15) is 17.0 Å². The highest BCUT2D eigenvalue weighted by Crippen LogP contribution is 2.35. The Bertz CT molecular complexity index is 994. The largest absolute Gasteiger partial charge is 0.414 e. The highest BCUT2D eigenvalue weighted by Gasteiger charge is 2.43. The van der Waals surface area contributed by atoms with Gasteiger partial charge in [-0.05, 0) is 24.6 Å². The Kier molecular flexibility index (Phi) is 6.28. The third kappa shape index (κ3) is 4.62. The summed E-state index contributed by atoms with van der Waals surface area (Å²) in [4.78, 5) is 25.4. The number of methoxy groups -OCH3 is 1. The molecule has 3 rings (SSSR count). The average Bonchev–Trinajstić information content (AvgIpc) is 3.03. The minimum Gasteiger partial charge on any atom is -0.383 e. The zero-order valence-corrected chi connectivity index (χ0v) is 16.4. The van der Waals surface area contributed by atoms with Gasteiger partial charge in [0.25, 0.3) is 5.91 Å². The molecule has 3 heterocycles. The molecule has 0 saturated heterocycles. The number of aryl methyl sites for hydroxylation is 1. The van der Waals surface area contributed by atoms with E-state index in [0.29, 0.717) is 34.7 Å². The SMILES string of the molecule is COCCNc1ncnc2sc(C(=O)NC(c3ccccn3)C(F)(F)F)c(C)c12. The number of ether oxygens (including phenoxy) is 1. The maximum Gasteiger partial charge on any atom is 0.414 e. The summed E-state index contributed by atoms with van der Waals surface area (Å²) in [7, 11) is 1.56. The molecule has 0 spiro atoms. The molecule has 2 N–H and O–H groups in total. The molecule has 0 aromatic carbocycles. The summed E-state index contributed by atoms with van der Waals surface area (Å²) in [5.74, 6) is -0.349. The molecule has 154 valence electrons. The van der Waals surface area contributed by atoms with Gasteiger partial charge in [-0.3, -0.25) is 9.78 Å². The minimum absolute atomic E-state index is 0.139. The summed E-state index contributed by atoms with van der Waals surface area (Å²) in [6, 6.07) is 1.95. The van der Waals surface area contributed by atoms with Crippen molar-refractivity contribution in [1.82, 2.24) is 20.3 Å². The molecular formula is C18H18F3N5O2S. The normalized spacial score (nSPS) is 12.7. The molecule has 1 amide bonds. The van der Waals surface area contributed by atoms with Crippen LogP contribution in [0.1, 0.15) is 27.0 Å². The van der Waals surface area contributed by atoms with Crippen LogP contribution in [-0.2, 0) is 4.74 Å². The highest BCUT2D eigenvalue weighted by atomic mass is 32.1. The molecule has 3 aromatic rings. The van der Waals surface area contributed by atoms with Gasteiger partial charge < -0.3 is 15.4 Å². The quantitative estimate of drug-likeness (QED) is 0.564. The smallest absolute Gasteiger partial charge is 0.383 e. The van der Waals surface area contributed by atoms with Gasteiger partial charge in [-0.25, -0.2) is 9.97 Å². The number of hydrogen-bond acceptors (Lipinski definition) is 7. The molecule has 7 nitrogen and oxygen atoms in total. The van der Waals surface area contributed by atoms with Gasteiger partial charge in [0.2, 0.25) is 0 Å². The van der Waals surface area contributed by atoms with Crippen molar-refractivity contribution in [1.29, 1.82) is 0 Å². The number of alkyl halides is 3. The van der Waals surface area contributed by atoms with Gasteiger partial charge in [0.15, 0.2) is 6.04 Å². The second-order valence-corrected chi connectivity index (χ2v) is 7.08. The molecule has 0 aliphatic heterocycles. The molecule has 1 atom stereocenters. The first kappa shape index (κ1) is 20.9. The fourth-order valence-corrected chi connectivity index (χ4v) is 3.81. The molecule has 1 unspecified atom stereocenters. The number of rotatable bonds is 7. The van der Waals surface area contributed by atoms with Crippen LogP contribution in [0, 0.1) is 6.92 Å². The van der Waals surface area contributed by atoms with E-state index >= 15 is 0 Å². The van der Waals surface area contributed by atoms with Crippen LogP contribution in [0.5, 0.6) is 0 Å². The van der Waals surface area contributed by atoms with Gasteiger partial charge in [-0.2, -0.15) is 13.2 Å². The zero-order valence-electron chi connectivity index (χ0n) is 15.6. The van der Waals surface area contributed by atoms with Crippen molar-refractivity contribution in [3.8, 4) is 0 Å². The molecule has 3 aromatic heterocycles. The molecule has 29 heavy (non-hydrogen) atoms. The molecule has 0 saturated carbocycles. The van der Waals surface area contributed by atoms with Crippen LogP contribution in [0.2, 0.25) is 0 Å². The van der Waals surface area contributed by atoms with E-state index in [9.17, 15) is 18.0 Å². The van der Waals surface area contributed by atoms with E-state index in [-0.39, 0.29) is 10.6 Å². The predicted octanol–water partition coefficient (Wildman–Crippen LogP) is 3.49. The lowest BCUT2D eigenvalue weighted by atomic mass is 10.1. The first-order valence-corrected chi connectivity index (χ1v) is 9.40. The Labute approximate surface area is 168 Å². The first-order chi connectivity index (χ1) is 13.8. The van der Waals surface area contributed by atoms with E-state index < -0.39 is 18.1 Å². The van der Waals surface area contributed by atoms with Crippen molar-refractivity contribution in [2.45, 2.75) is 19.1 Å². The summed E-state index contributed by atoms with van der Waals surface area (Å²) in [5.41, 5.74) is 0.221. The number of halogens is 3. The third-order valence-electron chi connectivity index (χ3n) is 4.12. The molecule has 11 heteroatoms. The monoisotopic (exact) mass is 425 g/mol. The summed E-state index contributed by atoms with van der Waals surface area (Å²) >= 11 is 1.01. The van der Waals surface area contributed by atoms with E-state index in [2.05, 4.69) is 25.6 Å². The molecule has 0 bridgehead atoms. The average molecular weight is 425 g/mol. The number of nitrogens with one attached hydrogen (secondary N) is 2. The molecule has 0 fully saturated rings. The van der Waals surface area contributed by atoms with Gasteiger partial charge >= 0.3 is 6.18 Å². The lowest BCUT2D eigenvalue weighted by Crippen LogP contribution is -2.38. The van der Waals surface area contributed by atoms with Gasteiger partial charge in [0, 0.05) is 19.9 Å². The highest BCUT2D eigenvalue weighted by molar-refractivity contribution is 7.20. The number of amides is 1. The summed E-state index contributed by atoms with van der Waals surface area (Å²) in [6.07, 6.45) is -2.11. The summed E-state index contributed by atoms with van der Waals surface area (Å²) < 4.78 is 45.6. The number of hydrogen-bond donors (Lipinski definition) is 2. The van der Waals surface area contributed by atoms with Crippen molar-refractivity contribution < 1.29 is 22.7 Å². The van der Waals surface area contributed by atoms with Crippen molar-refractivity contribution in [3.63, 3.8) is 0 Å². The molecule has 0 radical (unpaired) electrons. The Morgan fingerprint density at radius 3 is 2.72 bits per heavy atom. The minimum atomic E-state index is -4.69. The van der Waals surface area contributed by atoms with E-state index in [0.717, 1.165) is 11.3 Å². The molecular weight excluding hydrogens is 407 g/mol. The van der Waals surface area contributed by atoms with E-state index in [1.54, 1.807) is 14.0 Å². The molecule has 0 aliphatic rings. The standard InChI is InChI=1S/C18H18F3N5O2S/c1-10-12-15(23-7-8-28-2)24-9-25-17(12)29-13(10)16(27)26-14(18(19,20)21)11-5-3-4-6-22-11/h3-6,9,14H,7-8H2,1-2H3,(H,26,27)(H,23,24,25). The Morgan fingerprint density at radius 2 is 2.07 bits per heavy atom. The number of carbonyl (C=O) groups excluding carboxylic acids is 1. The van der Waals surface area contributed by atoms with Crippen molar-refractivity contribution >= 4 is 33.3 Å². The number of fused-ring (bicyclic) bond motifs is 1. The van der Waals surface area contributed by atoms with Crippen LogP contribution in [-0.4, -0.2) is 47.3 Å². The van der Waals surface area contributed by atoms with Crippen molar-refractivity contribution in [2.75, 3.05) is 25.6 Å². The van der Waals surface area contributed by atoms with Gasteiger partial charge in [-0.1, -0.05) is 6.07 Å². The Morgan fingerprint density at radius 1 is 1.28 bits per heavy atom. The molecule has 0 aliphatic carbocycles. The van der Waals surface area contributed by atoms with E-state index in [1.807, 2.05) is 0 Å². The number of nitrogens with zero attached hydrogens (tertiary/aromatic N) is 3. The van der Waals surface area contributed by atoms with Crippen LogP contribution in [0.15, 0.2) is 30.7 Å². The second-order valence-electron chi connectivity index (χ2n) is 6.08. The van der Waals surface area contributed by atoms with Crippen molar-refractivity contribution in [3.05, 3.63) is 46.9 Å². The van der Waals surface area contributed by atoms with Crippen LogP contribution in [0.25, 0.3) is 10.2 Å². The maximum atomic E-state index is 13.5. The number of aromatic nitrogens is 3. The van der Waals surface area contributed by atoms with Crippen LogP contribution >= 0.6 is 11.3 Å². The van der Waals surface area contributed by atoms with E-state index in [4.69, 9.17) is 4.74 Å². The Hall–Kier alpha value is -2.79. The lowest BCUT2D eigenvalue weighted by Gasteiger charge is -2.21. The van der Waals surface area contributed by atoms with Crippen LogP contribution in [0.4, 0.5) is 19.0 Å². The lowest BCUT2D eigenvalue weighted by molar-refractivity contribution is -0.156. The summed E-state index contributed by atoms with van der Waals surface area (Å²) in [6.45, 7) is 2.58. The van der Waals surface area contributed by atoms with E-state index in [1.165, 1.54) is 30.7 Å². The third-order valence-corrected chi connectivity index (χ3v) is 5.32. The van der Waals surface area contributed by atoms with Crippen LogP contribution in [0.3, 0.4) is 0 Å². The fraction of sp³-hybridized carbons (Fsp3) is 0.333.